The van der Waals surface area contributed by atoms with Gasteiger partial charge in [0.25, 0.3) is 0 Å². The second-order valence-electron chi connectivity index (χ2n) is 8.24. The average Bonchev–Trinajstić information content (AvgIpc) is 3.13. The Kier molecular flexibility index (Phi) is 8.38. The maximum absolute atomic E-state index is 13.2. The van der Waals surface area contributed by atoms with Crippen molar-refractivity contribution >= 4 is 34.8 Å². The summed E-state index contributed by atoms with van der Waals surface area (Å²) in [6, 6.07) is 17.2. The van der Waals surface area contributed by atoms with E-state index in [9.17, 15) is 4.79 Å². The lowest BCUT2D eigenvalue weighted by molar-refractivity contribution is 0.324. The molecule has 36 heavy (non-hydrogen) atoms. The molecule has 0 heterocycles. The van der Waals surface area contributed by atoms with Gasteiger partial charge in [-0.15, -0.1) is 11.8 Å². The van der Waals surface area contributed by atoms with Crippen molar-refractivity contribution in [3.63, 3.8) is 0 Å². The van der Waals surface area contributed by atoms with Gasteiger partial charge in [-0.1, -0.05) is 31.2 Å². The highest BCUT2D eigenvalue weighted by atomic mass is 32.2. The number of hydrogen-bond donors (Lipinski definition) is 2. The summed E-state index contributed by atoms with van der Waals surface area (Å²) in [5.41, 5.74) is 4.61. The maximum Gasteiger partial charge on any atom is 0.203 e. The standard InChI is InChI=1S/C28H30N2O4S2/c1-5-36-24-14-12-19-20(16-22(24)31)21(30-28(35)29-18-9-7-6-8-10-18)13-11-17-15-23(32-2)26(33-3)27(34-4)25(17)19/h6-10,12,14-16,21H,5,11,13H2,1-4H3,(H2,29,30,35). The number of methoxy groups -OCH3 is 3. The number of para-hydroxylation sites is 1. The van der Waals surface area contributed by atoms with Crippen LogP contribution in [0.25, 0.3) is 11.1 Å². The van der Waals surface area contributed by atoms with Gasteiger partial charge in [0.15, 0.2) is 22.0 Å². The topological polar surface area (TPSA) is 68.8 Å². The van der Waals surface area contributed by atoms with Crippen LogP contribution in [0.1, 0.15) is 30.5 Å². The number of anilines is 1. The van der Waals surface area contributed by atoms with Crippen LogP contribution in [0.3, 0.4) is 0 Å². The Hall–Kier alpha value is -3.23. The Balaban J connectivity index is 1.88. The fraction of sp³-hybridized carbons (Fsp3) is 0.286. The zero-order valence-corrected chi connectivity index (χ0v) is 22.5. The van der Waals surface area contributed by atoms with Crippen molar-refractivity contribution in [1.82, 2.24) is 5.32 Å². The molecular formula is C28H30N2O4S2. The Labute approximate surface area is 221 Å². The van der Waals surface area contributed by atoms with E-state index in [0.717, 1.165) is 46.5 Å². The minimum absolute atomic E-state index is 0.0141. The van der Waals surface area contributed by atoms with Crippen LogP contribution in [-0.4, -0.2) is 32.2 Å². The second-order valence-corrected chi connectivity index (χ2v) is 9.96. The molecule has 0 amide bonds. The summed E-state index contributed by atoms with van der Waals surface area (Å²) in [4.78, 5) is 13.9. The van der Waals surface area contributed by atoms with E-state index >= 15 is 0 Å². The molecule has 0 fully saturated rings. The molecule has 0 saturated carbocycles. The third-order valence-electron chi connectivity index (χ3n) is 6.14. The van der Waals surface area contributed by atoms with E-state index in [0.29, 0.717) is 27.3 Å². The minimum Gasteiger partial charge on any atom is -0.493 e. The molecule has 0 aliphatic heterocycles. The molecule has 3 aromatic carbocycles. The highest BCUT2D eigenvalue weighted by Gasteiger charge is 2.29. The molecular weight excluding hydrogens is 492 g/mol. The first kappa shape index (κ1) is 25.9. The highest BCUT2D eigenvalue weighted by Crippen LogP contribution is 2.50. The number of ether oxygens (including phenoxy) is 3. The molecule has 2 N–H and O–H groups in total. The zero-order chi connectivity index (χ0) is 25.7. The number of aryl methyl sites for hydroxylation is 1. The molecule has 0 aromatic heterocycles. The van der Waals surface area contributed by atoms with Gasteiger partial charge < -0.3 is 24.8 Å². The molecule has 188 valence electrons. The van der Waals surface area contributed by atoms with Crippen LogP contribution in [-0.2, 0) is 6.42 Å². The highest BCUT2D eigenvalue weighted by molar-refractivity contribution is 7.99. The smallest absolute Gasteiger partial charge is 0.203 e. The fourth-order valence-electron chi connectivity index (χ4n) is 4.57. The Morgan fingerprint density at radius 1 is 1.03 bits per heavy atom. The summed E-state index contributed by atoms with van der Waals surface area (Å²) in [7, 11) is 4.83. The first-order valence-electron chi connectivity index (χ1n) is 11.8. The normalized spacial score (nSPS) is 14.1. The number of thiocarbonyl (C=S) groups is 1. The Morgan fingerprint density at radius 2 is 1.78 bits per heavy atom. The van der Waals surface area contributed by atoms with Gasteiger partial charge in [-0.25, -0.2) is 0 Å². The van der Waals surface area contributed by atoms with Gasteiger partial charge in [0.1, 0.15) is 0 Å². The van der Waals surface area contributed by atoms with Crippen molar-refractivity contribution in [2.75, 3.05) is 32.4 Å². The molecule has 0 radical (unpaired) electrons. The van der Waals surface area contributed by atoms with E-state index in [1.165, 1.54) is 11.8 Å². The summed E-state index contributed by atoms with van der Waals surface area (Å²) in [5, 5.41) is 7.20. The van der Waals surface area contributed by atoms with E-state index in [-0.39, 0.29) is 11.5 Å². The van der Waals surface area contributed by atoms with Gasteiger partial charge in [-0.3, -0.25) is 4.79 Å². The Bertz CT molecular complexity index is 1320. The molecule has 1 aliphatic carbocycles. The van der Waals surface area contributed by atoms with E-state index < -0.39 is 0 Å². The zero-order valence-electron chi connectivity index (χ0n) is 20.8. The van der Waals surface area contributed by atoms with Gasteiger partial charge in [-0.05, 0) is 77.8 Å². The van der Waals surface area contributed by atoms with Crippen molar-refractivity contribution < 1.29 is 14.2 Å². The van der Waals surface area contributed by atoms with Crippen LogP contribution >= 0.6 is 24.0 Å². The quantitative estimate of drug-likeness (QED) is 0.297. The van der Waals surface area contributed by atoms with E-state index in [4.69, 9.17) is 26.4 Å². The third-order valence-corrected chi connectivity index (χ3v) is 7.29. The Morgan fingerprint density at radius 3 is 2.44 bits per heavy atom. The van der Waals surface area contributed by atoms with Crippen LogP contribution in [0.4, 0.5) is 5.69 Å². The first-order valence-corrected chi connectivity index (χ1v) is 13.2. The lowest BCUT2D eigenvalue weighted by Crippen LogP contribution is -2.32. The van der Waals surface area contributed by atoms with Gasteiger partial charge in [0.05, 0.1) is 32.3 Å². The van der Waals surface area contributed by atoms with E-state index in [2.05, 4.69) is 10.6 Å². The molecule has 8 heteroatoms. The monoisotopic (exact) mass is 522 g/mol. The van der Waals surface area contributed by atoms with Crippen molar-refractivity contribution in [3.8, 4) is 28.4 Å². The van der Waals surface area contributed by atoms with E-state index in [1.807, 2.05) is 55.5 Å². The van der Waals surface area contributed by atoms with Gasteiger partial charge in [0, 0.05) is 11.3 Å². The van der Waals surface area contributed by atoms with Crippen LogP contribution in [0.2, 0.25) is 0 Å². The van der Waals surface area contributed by atoms with Crippen molar-refractivity contribution in [1.29, 1.82) is 0 Å². The number of thioether (sulfide) groups is 1. The first-order chi connectivity index (χ1) is 17.5. The SMILES string of the molecule is CCSc1ccc2c(cc1=O)C(NC(=S)Nc1ccccc1)CCc1cc(OC)c(OC)c(OC)c1-2. The fourth-order valence-corrected chi connectivity index (χ4v) is 5.51. The molecule has 3 aromatic rings. The summed E-state index contributed by atoms with van der Waals surface area (Å²) in [6.45, 7) is 2.04. The van der Waals surface area contributed by atoms with Gasteiger partial charge in [-0.2, -0.15) is 0 Å². The van der Waals surface area contributed by atoms with E-state index in [1.54, 1.807) is 27.4 Å². The molecule has 6 nitrogen and oxygen atoms in total. The van der Waals surface area contributed by atoms with Crippen molar-refractivity contribution in [2.24, 2.45) is 0 Å². The maximum atomic E-state index is 13.2. The predicted octanol–water partition coefficient (Wildman–Crippen LogP) is 5.83. The molecule has 0 saturated heterocycles. The average molecular weight is 523 g/mol. The molecule has 1 unspecified atom stereocenters. The molecule has 4 rings (SSSR count). The third kappa shape index (κ3) is 5.29. The van der Waals surface area contributed by atoms with Crippen molar-refractivity contribution in [2.45, 2.75) is 30.7 Å². The lowest BCUT2D eigenvalue weighted by Gasteiger charge is -2.21. The van der Waals surface area contributed by atoms with Crippen molar-refractivity contribution in [3.05, 3.63) is 75.9 Å². The van der Waals surface area contributed by atoms with Gasteiger partial charge >= 0.3 is 0 Å². The molecule has 0 bridgehead atoms. The summed E-state index contributed by atoms with van der Waals surface area (Å²) >= 11 is 7.20. The molecule has 1 atom stereocenters. The number of hydrogen-bond acceptors (Lipinski definition) is 6. The van der Waals surface area contributed by atoms with Crippen LogP contribution in [0, 0.1) is 0 Å². The lowest BCUT2D eigenvalue weighted by atomic mass is 9.95. The summed E-state index contributed by atoms with van der Waals surface area (Å²) in [5.74, 6) is 2.52. The number of fused-ring (bicyclic) bond motifs is 3. The van der Waals surface area contributed by atoms with Crippen LogP contribution < -0.4 is 30.3 Å². The summed E-state index contributed by atoms with van der Waals surface area (Å²) < 4.78 is 17.2. The number of rotatable bonds is 7. The van der Waals surface area contributed by atoms with Gasteiger partial charge in [0.2, 0.25) is 5.75 Å². The number of benzene rings is 2. The largest absolute Gasteiger partial charge is 0.493 e. The number of nitrogens with one attached hydrogen (secondary N) is 2. The minimum atomic E-state index is -0.197. The van der Waals surface area contributed by atoms with Crippen LogP contribution in [0.15, 0.2) is 64.3 Å². The molecule has 0 spiro atoms. The van der Waals surface area contributed by atoms with Crippen LogP contribution in [0.5, 0.6) is 17.2 Å². The summed E-state index contributed by atoms with van der Waals surface area (Å²) in [6.07, 6.45) is 1.44. The predicted molar refractivity (Wildman–Crippen MR) is 151 cm³/mol. The molecule has 1 aliphatic rings. The second kappa shape index (κ2) is 11.7.